The number of carboxylic acids is 1. The third kappa shape index (κ3) is 19.8. The summed E-state index contributed by atoms with van der Waals surface area (Å²) in [6, 6.07) is 2.98. The van der Waals surface area contributed by atoms with E-state index in [0.29, 0.717) is 57.1 Å². The first kappa shape index (κ1) is 56.5. The number of likely N-dealkylation sites (tertiary alicyclic amines) is 1. The minimum atomic E-state index is -1.49. The molecule has 5 atom stereocenters. The van der Waals surface area contributed by atoms with Crippen LogP contribution in [0.2, 0.25) is 0 Å². The summed E-state index contributed by atoms with van der Waals surface area (Å²) >= 11 is 0. The van der Waals surface area contributed by atoms with Crippen LogP contribution >= 0.6 is 0 Å². The normalized spacial score (nSPS) is 18.1. The number of rotatable bonds is 25. The minimum absolute atomic E-state index is 0.0167. The Morgan fingerprint density at radius 3 is 1.97 bits per heavy atom. The van der Waals surface area contributed by atoms with E-state index in [1.165, 1.54) is 4.90 Å². The number of nitrogens with two attached hydrogens (primary N) is 4. The number of amides is 7. The molecule has 1 aromatic rings. The van der Waals surface area contributed by atoms with Crippen LogP contribution in [0.5, 0.6) is 0 Å². The summed E-state index contributed by atoms with van der Waals surface area (Å²) < 4.78 is 0. The maximum absolute atomic E-state index is 14.3. The number of carbonyl (C=O) groups excluding carboxylic acids is 7. The molecule has 1 aliphatic heterocycles. The number of hydrogen-bond donors (Lipinski definition) is 12. The van der Waals surface area contributed by atoms with Crippen molar-refractivity contribution >= 4 is 53.3 Å². The summed E-state index contributed by atoms with van der Waals surface area (Å²) in [6.45, 7) is -1.26. The Morgan fingerprint density at radius 2 is 1.37 bits per heavy atom. The lowest BCUT2D eigenvalue weighted by Gasteiger charge is -2.34. The molecular formula is C46H76N12O10. The van der Waals surface area contributed by atoms with Gasteiger partial charge >= 0.3 is 5.97 Å². The molecule has 3 rings (SSSR count). The van der Waals surface area contributed by atoms with E-state index in [1.807, 2.05) is 0 Å². The van der Waals surface area contributed by atoms with Gasteiger partial charge in [0.25, 0.3) is 0 Å². The fraction of sp³-hybridized carbons (Fsp3) is 0.674. The Morgan fingerprint density at radius 1 is 0.735 bits per heavy atom. The monoisotopic (exact) mass is 957 g/mol. The van der Waals surface area contributed by atoms with Gasteiger partial charge in [-0.3, -0.25) is 38.6 Å². The van der Waals surface area contributed by atoms with Crippen molar-refractivity contribution in [3.8, 4) is 0 Å². The number of carboxylic acid groups (broad SMARTS) is 1. The number of nitrogens with one attached hydrogen (secondary N) is 6. The topological polar surface area (TPSA) is 369 Å². The van der Waals surface area contributed by atoms with Gasteiger partial charge in [0.15, 0.2) is 5.96 Å². The van der Waals surface area contributed by atoms with Gasteiger partial charge in [0.1, 0.15) is 29.7 Å². The molecule has 0 aromatic heterocycles. The van der Waals surface area contributed by atoms with Crippen LogP contribution in [0.1, 0.15) is 121 Å². The highest BCUT2D eigenvalue weighted by atomic mass is 16.4. The van der Waals surface area contributed by atoms with E-state index in [9.17, 15) is 48.6 Å². The number of nitrogens with zero attached hydrogens (tertiary/aromatic N) is 2. The van der Waals surface area contributed by atoms with Crippen LogP contribution in [0.15, 0.2) is 35.3 Å². The third-order valence-electron chi connectivity index (χ3n) is 12.3. The number of carbonyl (C=O) groups is 8. The second-order valence-electron chi connectivity index (χ2n) is 17.7. The van der Waals surface area contributed by atoms with Gasteiger partial charge in [0.05, 0.1) is 25.7 Å². The molecular weight excluding hydrogens is 881 g/mol. The average molecular weight is 957 g/mol. The maximum Gasteiger partial charge on any atom is 0.326 e. The predicted molar refractivity (Wildman–Crippen MR) is 254 cm³/mol. The van der Waals surface area contributed by atoms with E-state index >= 15 is 0 Å². The Hall–Kier alpha value is -5.87. The Bertz CT molecular complexity index is 1820. The Balaban J connectivity index is 1.70. The Labute approximate surface area is 398 Å². The molecule has 22 heteroatoms. The van der Waals surface area contributed by atoms with Gasteiger partial charge in [0, 0.05) is 19.5 Å². The van der Waals surface area contributed by atoms with Crippen LogP contribution in [0.3, 0.4) is 0 Å². The van der Waals surface area contributed by atoms with E-state index in [4.69, 9.17) is 22.9 Å². The number of aliphatic hydroxyl groups excluding tert-OH is 1. The molecule has 2 aliphatic rings. The maximum atomic E-state index is 14.3. The van der Waals surface area contributed by atoms with Crippen molar-refractivity contribution in [3.05, 3.63) is 35.9 Å². The molecule has 1 saturated heterocycles. The molecule has 22 nitrogen and oxygen atoms in total. The quantitative estimate of drug-likeness (QED) is 0.0307. The van der Waals surface area contributed by atoms with Gasteiger partial charge < -0.3 is 69.9 Å². The second-order valence-corrected chi connectivity index (χ2v) is 17.7. The van der Waals surface area contributed by atoms with Crippen molar-refractivity contribution in [1.82, 2.24) is 36.8 Å². The van der Waals surface area contributed by atoms with Crippen molar-refractivity contribution in [1.29, 1.82) is 0 Å². The van der Waals surface area contributed by atoms with Crippen LogP contribution < -0.4 is 54.8 Å². The number of aliphatic carboxylic acids is 1. The van der Waals surface area contributed by atoms with Crippen LogP contribution in [0.25, 0.3) is 0 Å². The van der Waals surface area contributed by atoms with Gasteiger partial charge in [-0.15, -0.1) is 0 Å². The molecule has 1 saturated carbocycles. The van der Waals surface area contributed by atoms with E-state index < -0.39 is 103 Å². The molecule has 380 valence electrons. The molecule has 0 bridgehead atoms. The number of aliphatic hydroxyl groups is 1. The SMILES string of the molecule is NCCCC[C@H](N)C(=O)N[C@@H](CCCN=C(N)N)C(=O)NCC(=O)NC1(C(=O)NCC(=O)N[C@@H](CO)C(=O)N2CCC[C@H]2C(=O)N[C@@H](Cc2ccccc2)C(=O)O)CCCCCCCCCCC1. The van der Waals surface area contributed by atoms with E-state index in [-0.39, 0.29) is 51.2 Å². The van der Waals surface area contributed by atoms with E-state index in [2.05, 4.69) is 36.9 Å². The largest absolute Gasteiger partial charge is 0.480 e. The number of guanidine groups is 1. The first-order valence-corrected chi connectivity index (χ1v) is 24.1. The average Bonchev–Trinajstić information content (AvgIpc) is 3.81. The summed E-state index contributed by atoms with van der Waals surface area (Å²) in [5, 5.41) is 35.8. The lowest BCUT2D eigenvalue weighted by atomic mass is 9.84. The van der Waals surface area contributed by atoms with Gasteiger partial charge in [-0.2, -0.15) is 0 Å². The van der Waals surface area contributed by atoms with Crippen molar-refractivity contribution in [3.63, 3.8) is 0 Å². The molecule has 2 fully saturated rings. The fourth-order valence-corrected chi connectivity index (χ4v) is 8.50. The molecule has 16 N–H and O–H groups in total. The second kappa shape index (κ2) is 30.5. The summed E-state index contributed by atoms with van der Waals surface area (Å²) in [6.07, 6.45) is 11.0. The third-order valence-corrected chi connectivity index (χ3v) is 12.3. The molecule has 7 amide bonds. The summed E-state index contributed by atoms with van der Waals surface area (Å²) in [7, 11) is 0. The molecule has 1 aromatic carbocycles. The summed E-state index contributed by atoms with van der Waals surface area (Å²) in [4.78, 5) is 112. The van der Waals surface area contributed by atoms with Crippen molar-refractivity contribution < 1.29 is 48.6 Å². The van der Waals surface area contributed by atoms with Crippen LogP contribution in [0, 0.1) is 0 Å². The van der Waals surface area contributed by atoms with Crippen LogP contribution in [0.4, 0.5) is 0 Å². The first-order chi connectivity index (χ1) is 32.6. The zero-order chi connectivity index (χ0) is 49.9. The molecule has 0 spiro atoms. The summed E-state index contributed by atoms with van der Waals surface area (Å²) in [5.41, 5.74) is 21.7. The molecule has 1 heterocycles. The lowest BCUT2D eigenvalue weighted by Crippen LogP contribution is -2.62. The zero-order valence-corrected chi connectivity index (χ0v) is 39.3. The number of hydrogen-bond acceptors (Lipinski definition) is 12. The molecule has 68 heavy (non-hydrogen) atoms. The van der Waals surface area contributed by atoms with Gasteiger partial charge in [-0.25, -0.2) is 4.79 Å². The molecule has 1 aliphatic carbocycles. The smallest absolute Gasteiger partial charge is 0.326 e. The van der Waals surface area contributed by atoms with Gasteiger partial charge in [0.2, 0.25) is 41.4 Å². The van der Waals surface area contributed by atoms with E-state index in [0.717, 1.165) is 44.9 Å². The highest BCUT2D eigenvalue weighted by molar-refractivity contribution is 5.97. The molecule has 0 unspecified atom stereocenters. The van der Waals surface area contributed by atoms with E-state index in [1.54, 1.807) is 30.3 Å². The number of benzene rings is 1. The van der Waals surface area contributed by atoms with Crippen molar-refractivity contribution in [2.45, 2.75) is 158 Å². The number of unbranched alkanes of at least 4 members (excludes halogenated alkanes) is 1. The zero-order valence-electron chi connectivity index (χ0n) is 39.3. The minimum Gasteiger partial charge on any atom is -0.480 e. The summed E-state index contributed by atoms with van der Waals surface area (Å²) in [5.74, 6) is -6.19. The fourth-order valence-electron chi connectivity index (χ4n) is 8.50. The van der Waals surface area contributed by atoms with Crippen LogP contribution in [-0.2, 0) is 44.8 Å². The highest BCUT2D eigenvalue weighted by Gasteiger charge is 2.41. The van der Waals surface area contributed by atoms with Crippen molar-refractivity contribution in [2.24, 2.45) is 27.9 Å². The number of aliphatic imine (C=N–C) groups is 1. The predicted octanol–water partition coefficient (Wildman–Crippen LogP) is -1.35. The molecule has 0 radical (unpaired) electrons. The van der Waals surface area contributed by atoms with Gasteiger partial charge in [-0.05, 0) is 63.5 Å². The highest BCUT2D eigenvalue weighted by Crippen LogP contribution is 2.26. The lowest BCUT2D eigenvalue weighted by molar-refractivity contribution is -0.145. The van der Waals surface area contributed by atoms with Crippen LogP contribution in [-0.4, -0.2) is 143 Å². The first-order valence-electron chi connectivity index (χ1n) is 24.1. The van der Waals surface area contributed by atoms with Crippen molar-refractivity contribution in [2.75, 3.05) is 39.3 Å². The Kier molecular flexibility index (Phi) is 25.3. The standard InChI is InChI=1S/C46H76N12O10/c47-24-14-11-19-32(48)39(62)55-33(20-15-25-51-45(49)50)40(63)52-29-38(61)57-46(22-12-6-4-2-1-3-5-7-13-23-46)44(68)53-28-37(60)54-35(30-59)42(65)58-26-16-21-36(58)41(64)56-34(43(66)67)27-31-17-9-8-10-18-31/h8-10,17-18,32-36,59H,1-7,11-16,19-30,47-48H2,(H,52,63)(H,53,68)(H,54,60)(H,55,62)(H,56,64)(H,57,61)(H,66,67)(H4,49,50,51)/t32-,33-,34-,35-,36-/m0/s1. The van der Waals surface area contributed by atoms with Gasteiger partial charge in [-0.1, -0.05) is 94.5 Å².